The van der Waals surface area contributed by atoms with E-state index in [1.54, 1.807) is 12.1 Å². The van der Waals surface area contributed by atoms with Crippen molar-refractivity contribution >= 4 is 27.7 Å². The molecule has 2 amide bonds. The molecule has 194 valence electrons. The Morgan fingerprint density at radius 1 is 1.14 bits per heavy atom. The first-order valence-electron chi connectivity index (χ1n) is 11.9. The molecule has 0 spiro atoms. The molecule has 2 atom stereocenters. The highest BCUT2D eigenvalue weighted by Gasteiger charge is 2.38. The van der Waals surface area contributed by atoms with Crippen molar-refractivity contribution in [1.82, 2.24) is 14.9 Å². The largest absolute Gasteiger partial charge is 0.409 e. The van der Waals surface area contributed by atoms with E-state index in [4.69, 9.17) is 10.9 Å². The second-order valence-electron chi connectivity index (χ2n) is 8.68. The Morgan fingerprint density at radius 2 is 1.83 bits per heavy atom. The number of rotatable bonds is 11. The molecule has 2 aromatic rings. The van der Waals surface area contributed by atoms with Gasteiger partial charge in [0.1, 0.15) is 12.1 Å². The fourth-order valence-corrected chi connectivity index (χ4v) is 4.96. The van der Waals surface area contributed by atoms with Crippen molar-refractivity contribution in [3.63, 3.8) is 0 Å². The van der Waals surface area contributed by atoms with E-state index < -0.39 is 28.0 Å². The lowest BCUT2D eigenvalue weighted by Crippen LogP contribution is -2.54. The number of sulfonamides is 1. The molecule has 1 fully saturated rings. The average molecular weight is 516 g/mol. The zero-order chi connectivity index (χ0) is 26.1. The predicted molar refractivity (Wildman–Crippen MR) is 137 cm³/mol. The van der Waals surface area contributed by atoms with E-state index in [9.17, 15) is 18.0 Å². The molecule has 11 heteroatoms. The lowest BCUT2D eigenvalue weighted by atomic mass is 10.0. The molecule has 1 aliphatic heterocycles. The number of nitrogens with one attached hydrogen (secondary N) is 2. The quantitative estimate of drug-likeness (QED) is 0.151. The standard InChI is InChI=1S/C25H33N5O5S/c1-2-36(34,35)29-21(17-19-7-4-3-5-8-19)25(32)30-16-6-9-22(30)24(31)27-15-14-18-10-12-20(13-11-18)23(26)28-33/h3-5,7-8,10-13,21-22,29,33H,2,6,9,14-17H2,1H3,(H2,26,28)(H,27,31)/t21-,22+/m1/s1. The van der Waals surface area contributed by atoms with Gasteiger partial charge >= 0.3 is 0 Å². The molecule has 0 aliphatic carbocycles. The van der Waals surface area contributed by atoms with Crippen molar-refractivity contribution < 1.29 is 23.2 Å². The van der Waals surface area contributed by atoms with Gasteiger partial charge in [0.2, 0.25) is 21.8 Å². The average Bonchev–Trinajstić information content (AvgIpc) is 3.38. The topological polar surface area (TPSA) is 154 Å². The number of likely N-dealkylation sites (tertiary alicyclic amines) is 1. The summed E-state index contributed by atoms with van der Waals surface area (Å²) in [6.45, 7) is 2.28. The molecule has 1 saturated heterocycles. The Hall–Kier alpha value is -3.44. The van der Waals surface area contributed by atoms with E-state index >= 15 is 0 Å². The molecular weight excluding hydrogens is 482 g/mol. The number of hydrogen-bond acceptors (Lipinski definition) is 6. The van der Waals surface area contributed by atoms with Gasteiger partial charge in [-0.2, -0.15) is 0 Å². The van der Waals surface area contributed by atoms with Crippen LogP contribution in [-0.4, -0.2) is 67.1 Å². The van der Waals surface area contributed by atoms with Crippen LogP contribution in [0.1, 0.15) is 36.5 Å². The van der Waals surface area contributed by atoms with Crippen LogP contribution in [-0.2, 0) is 32.5 Å². The van der Waals surface area contributed by atoms with Crippen LogP contribution in [0, 0.1) is 0 Å². The van der Waals surface area contributed by atoms with Gasteiger partial charge in [-0.3, -0.25) is 9.59 Å². The second kappa shape index (κ2) is 12.5. The second-order valence-corrected chi connectivity index (χ2v) is 10.7. The van der Waals surface area contributed by atoms with E-state index in [2.05, 4.69) is 15.2 Å². The predicted octanol–water partition coefficient (Wildman–Crippen LogP) is 0.981. The molecule has 2 aromatic carbocycles. The van der Waals surface area contributed by atoms with Gasteiger partial charge in [0.15, 0.2) is 5.84 Å². The summed E-state index contributed by atoms with van der Waals surface area (Å²) < 4.78 is 27.1. The van der Waals surface area contributed by atoms with Gasteiger partial charge in [0, 0.05) is 18.7 Å². The zero-order valence-corrected chi connectivity index (χ0v) is 21.1. The summed E-state index contributed by atoms with van der Waals surface area (Å²) in [5.74, 6) is -0.776. The number of nitrogens with zero attached hydrogens (tertiary/aromatic N) is 2. The Bertz CT molecular complexity index is 1170. The summed E-state index contributed by atoms with van der Waals surface area (Å²) in [7, 11) is -3.63. The van der Waals surface area contributed by atoms with Gasteiger partial charge in [-0.1, -0.05) is 59.8 Å². The van der Waals surface area contributed by atoms with E-state index in [1.807, 2.05) is 42.5 Å². The zero-order valence-electron chi connectivity index (χ0n) is 20.3. The highest BCUT2D eigenvalue weighted by molar-refractivity contribution is 7.89. The lowest BCUT2D eigenvalue weighted by Gasteiger charge is -2.28. The first-order chi connectivity index (χ1) is 17.2. The summed E-state index contributed by atoms with van der Waals surface area (Å²) in [4.78, 5) is 27.9. The minimum absolute atomic E-state index is 0.0210. The SMILES string of the molecule is CCS(=O)(=O)N[C@H](Cc1ccccc1)C(=O)N1CCC[C@H]1C(=O)NCCc1ccc(C(N)=NO)cc1. The normalized spacial score (nSPS) is 17.1. The number of carbonyl (C=O) groups is 2. The smallest absolute Gasteiger partial charge is 0.242 e. The summed E-state index contributed by atoms with van der Waals surface area (Å²) in [6.07, 6.45) is 1.95. The highest BCUT2D eigenvalue weighted by Crippen LogP contribution is 2.20. The fourth-order valence-electron chi connectivity index (χ4n) is 4.18. The van der Waals surface area contributed by atoms with Crippen LogP contribution in [0.5, 0.6) is 0 Å². The molecule has 10 nitrogen and oxygen atoms in total. The molecule has 0 bridgehead atoms. The Labute approximate surface area is 211 Å². The van der Waals surface area contributed by atoms with Crippen molar-refractivity contribution in [1.29, 1.82) is 0 Å². The summed E-state index contributed by atoms with van der Waals surface area (Å²) in [6, 6.07) is 14.7. The number of amides is 2. The monoisotopic (exact) mass is 515 g/mol. The Balaban J connectivity index is 1.63. The molecule has 0 aromatic heterocycles. The van der Waals surface area contributed by atoms with Gasteiger partial charge in [-0.15, -0.1) is 0 Å². The third-order valence-electron chi connectivity index (χ3n) is 6.19. The van der Waals surface area contributed by atoms with Crippen LogP contribution in [0.2, 0.25) is 0 Å². The third kappa shape index (κ3) is 7.28. The van der Waals surface area contributed by atoms with E-state index in [0.29, 0.717) is 37.9 Å². The van der Waals surface area contributed by atoms with Gasteiger partial charge in [-0.25, -0.2) is 13.1 Å². The van der Waals surface area contributed by atoms with E-state index in [-0.39, 0.29) is 23.9 Å². The maximum absolute atomic E-state index is 13.4. The molecule has 3 rings (SSSR count). The van der Waals surface area contributed by atoms with Crippen LogP contribution in [0.25, 0.3) is 0 Å². The van der Waals surface area contributed by atoms with Crippen molar-refractivity contribution in [2.45, 2.75) is 44.7 Å². The number of benzene rings is 2. The molecule has 36 heavy (non-hydrogen) atoms. The van der Waals surface area contributed by atoms with Gasteiger partial charge in [0.25, 0.3) is 0 Å². The Kier molecular flexibility index (Phi) is 9.43. The van der Waals surface area contributed by atoms with Gasteiger partial charge < -0.3 is 21.2 Å². The van der Waals surface area contributed by atoms with Crippen molar-refractivity contribution in [3.8, 4) is 0 Å². The Morgan fingerprint density at radius 3 is 2.47 bits per heavy atom. The number of hydrogen-bond donors (Lipinski definition) is 4. The van der Waals surface area contributed by atoms with E-state index in [1.165, 1.54) is 11.8 Å². The van der Waals surface area contributed by atoms with Crippen LogP contribution in [0.15, 0.2) is 59.8 Å². The maximum atomic E-state index is 13.4. The van der Waals surface area contributed by atoms with Crippen molar-refractivity contribution in [2.75, 3.05) is 18.8 Å². The van der Waals surface area contributed by atoms with Crippen LogP contribution in [0.3, 0.4) is 0 Å². The number of oxime groups is 1. The fraction of sp³-hybridized carbons (Fsp3) is 0.400. The lowest BCUT2D eigenvalue weighted by molar-refractivity contribution is -0.139. The van der Waals surface area contributed by atoms with Gasteiger partial charge in [0.05, 0.1) is 5.75 Å². The minimum Gasteiger partial charge on any atom is -0.409 e. The summed E-state index contributed by atoms with van der Waals surface area (Å²) >= 11 is 0. The van der Waals surface area contributed by atoms with Gasteiger partial charge in [-0.05, 0) is 43.7 Å². The van der Waals surface area contributed by atoms with Crippen LogP contribution < -0.4 is 15.8 Å². The van der Waals surface area contributed by atoms with Crippen molar-refractivity contribution in [3.05, 3.63) is 71.3 Å². The molecule has 1 heterocycles. The molecule has 0 unspecified atom stereocenters. The summed E-state index contributed by atoms with van der Waals surface area (Å²) in [5.41, 5.74) is 7.95. The van der Waals surface area contributed by atoms with Crippen molar-refractivity contribution in [2.24, 2.45) is 10.9 Å². The first kappa shape index (κ1) is 27.2. The third-order valence-corrected chi connectivity index (χ3v) is 7.60. The maximum Gasteiger partial charge on any atom is 0.242 e. The number of nitrogens with two attached hydrogens (primary N) is 1. The van der Waals surface area contributed by atoms with E-state index in [0.717, 1.165) is 11.1 Å². The summed E-state index contributed by atoms with van der Waals surface area (Å²) in [5, 5.41) is 14.6. The molecule has 0 saturated carbocycles. The molecular formula is C25H33N5O5S. The highest BCUT2D eigenvalue weighted by atomic mass is 32.2. The molecule has 0 radical (unpaired) electrons. The number of amidine groups is 1. The molecule has 5 N–H and O–H groups in total. The first-order valence-corrected chi connectivity index (χ1v) is 13.6. The van der Waals surface area contributed by atoms with Crippen LogP contribution in [0.4, 0.5) is 0 Å². The van der Waals surface area contributed by atoms with Crippen LogP contribution >= 0.6 is 0 Å². The minimum atomic E-state index is -3.63. The number of carbonyl (C=O) groups excluding carboxylic acids is 2. The molecule has 1 aliphatic rings.